The molecule has 1 aromatic heterocycles. The number of aromatic nitrogens is 1. The van der Waals surface area contributed by atoms with Gasteiger partial charge in [0.2, 0.25) is 0 Å². The minimum atomic E-state index is 0.370. The molecule has 1 saturated carbocycles. The average Bonchev–Trinajstić information content (AvgIpc) is 2.37. The highest BCUT2D eigenvalue weighted by atomic mass is 16.5. The quantitative estimate of drug-likeness (QED) is 0.895. The Kier molecular flexibility index (Phi) is 3.15. The SMILES string of the molecule is CNCC1CC(Oc2ccnc3ccccc23)C1. The van der Waals surface area contributed by atoms with Crippen LogP contribution in [0, 0.1) is 5.92 Å². The molecule has 1 aromatic carbocycles. The van der Waals surface area contributed by atoms with Gasteiger partial charge in [0, 0.05) is 11.6 Å². The molecule has 2 aromatic rings. The third-order valence-electron chi connectivity index (χ3n) is 3.59. The Morgan fingerprint density at radius 2 is 2.11 bits per heavy atom. The topological polar surface area (TPSA) is 34.1 Å². The fourth-order valence-electron chi connectivity index (χ4n) is 2.58. The number of ether oxygens (including phenoxy) is 1. The lowest BCUT2D eigenvalue weighted by molar-refractivity contribution is 0.0670. The molecule has 0 aliphatic heterocycles. The second kappa shape index (κ2) is 4.94. The predicted octanol–water partition coefficient (Wildman–Crippen LogP) is 2.61. The van der Waals surface area contributed by atoms with Crippen LogP contribution in [0.2, 0.25) is 0 Å². The number of para-hydroxylation sites is 1. The van der Waals surface area contributed by atoms with E-state index in [1.54, 1.807) is 0 Å². The lowest BCUT2D eigenvalue weighted by Gasteiger charge is -2.35. The molecule has 3 rings (SSSR count). The summed E-state index contributed by atoms with van der Waals surface area (Å²) in [6.45, 7) is 1.09. The van der Waals surface area contributed by atoms with Crippen LogP contribution in [0.5, 0.6) is 5.75 Å². The molecule has 1 fully saturated rings. The van der Waals surface area contributed by atoms with Crippen molar-refractivity contribution in [3.05, 3.63) is 36.5 Å². The van der Waals surface area contributed by atoms with Crippen LogP contribution in [-0.4, -0.2) is 24.7 Å². The molecule has 18 heavy (non-hydrogen) atoms. The fraction of sp³-hybridized carbons (Fsp3) is 0.400. The first-order chi connectivity index (χ1) is 8.86. The van der Waals surface area contributed by atoms with Gasteiger partial charge in [-0.15, -0.1) is 0 Å². The lowest BCUT2D eigenvalue weighted by atomic mass is 9.82. The molecule has 3 nitrogen and oxygen atoms in total. The molecule has 0 spiro atoms. The number of hydrogen-bond donors (Lipinski definition) is 1. The van der Waals surface area contributed by atoms with Crippen molar-refractivity contribution >= 4 is 10.9 Å². The third kappa shape index (κ3) is 2.18. The summed E-state index contributed by atoms with van der Waals surface area (Å²) in [5, 5.41) is 4.33. The molecule has 1 N–H and O–H groups in total. The van der Waals surface area contributed by atoms with Crippen molar-refractivity contribution < 1.29 is 4.74 Å². The number of nitrogens with one attached hydrogen (secondary N) is 1. The van der Waals surface area contributed by atoms with E-state index in [4.69, 9.17) is 4.74 Å². The highest BCUT2D eigenvalue weighted by molar-refractivity contribution is 5.84. The largest absolute Gasteiger partial charge is 0.490 e. The van der Waals surface area contributed by atoms with Crippen LogP contribution in [0.15, 0.2) is 36.5 Å². The monoisotopic (exact) mass is 242 g/mol. The number of nitrogens with zero attached hydrogens (tertiary/aromatic N) is 1. The molecule has 1 aliphatic rings. The molecule has 1 heterocycles. The van der Waals surface area contributed by atoms with Gasteiger partial charge in [-0.2, -0.15) is 0 Å². The van der Waals surface area contributed by atoms with Crippen molar-refractivity contribution in [2.24, 2.45) is 5.92 Å². The minimum absolute atomic E-state index is 0.370. The Hall–Kier alpha value is -1.61. The molecule has 3 heteroatoms. The summed E-state index contributed by atoms with van der Waals surface area (Å²) in [5.74, 6) is 1.74. The van der Waals surface area contributed by atoms with Crippen molar-refractivity contribution in [3.63, 3.8) is 0 Å². The third-order valence-corrected chi connectivity index (χ3v) is 3.59. The maximum atomic E-state index is 6.07. The lowest BCUT2D eigenvalue weighted by Crippen LogP contribution is -2.38. The molecular formula is C15H18N2O. The van der Waals surface area contributed by atoms with Gasteiger partial charge in [-0.3, -0.25) is 4.98 Å². The molecule has 94 valence electrons. The first kappa shape index (κ1) is 11.5. The van der Waals surface area contributed by atoms with Gasteiger partial charge in [0.05, 0.1) is 11.6 Å². The molecule has 0 amide bonds. The maximum absolute atomic E-state index is 6.07. The average molecular weight is 242 g/mol. The van der Waals surface area contributed by atoms with Gasteiger partial charge in [-0.1, -0.05) is 12.1 Å². The molecule has 0 radical (unpaired) electrons. The first-order valence-electron chi connectivity index (χ1n) is 6.52. The molecule has 0 bridgehead atoms. The molecule has 0 saturated heterocycles. The minimum Gasteiger partial charge on any atom is -0.490 e. The van der Waals surface area contributed by atoms with E-state index in [0.29, 0.717) is 6.10 Å². The smallest absolute Gasteiger partial charge is 0.130 e. The van der Waals surface area contributed by atoms with E-state index in [9.17, 15) is 0 Å². The molecule has 1 aliphatic carbocycles. The number of benzene rings is 1. The fourth-order valence-corrected chi connectivity index (χ4v) is 2.58. The maximum Gasteiger partial charge on any atom is 0.130 e. The van der Waals surface area contributed by atoms with Crippen LogP contribution in [0.25, 0.3) is 10.9 Å². The van der Waals surface area contributed by atoms with Gasteiger partial charge in [-0.25, -0.2) is 0 Å². The highest BCUT2D eigenvalue weighted by Crippen LogP contribution is 2.33. The van der Waals surface area contributed by atoms with Crippen molar-refractivity contribution in [1.29, 1.82) is 0 Å². The van der Waals surface area contributed by atoms with E-state index >= 15 is 0 Å². The van der Waals surface area contributed by atoms with E-state index < -0.39 is 0 Å². The van der Waals surface area contributed by atoms with Crippen LogP contribution < -0.4 is 10.1 Å². The summed E-state index contributed by atoms with van der Waals surface area (Å²) in [7, 11) is 2.00. The number of hydrogen-bond acceptors (Lipinski definition) is 3. The number of rotatable bonds is 4. The Labute approximate surface area is 107 Å². The summed E-state index contributed by atoms with van der Waals surface area (Å²) in [6, 6.07) is 10.1. The van der Waals surface area contributed by atoms with Gasteiger partial charge < -0.3 is 10.1 Å². The number of pyridine rings is 1. The van der Waals surface area contributed by atoms with E-state index in [0.717, 1.165) is 42.0 Å². The zero-order valence-corrected chi connectivity index (χ0v) is 10.6. The zero-order valence-electron chi connectivity index (χ0n) is 10.6. The molecule has 0 atom stereocenters. The van der Waals surface area contributed by atoms with E-state index in [1.807, 2.05) is 37.5 Å². The Morgan fingerprint density at radius 1 is 1.28 bits per heavy atom. The van der Waals surface area contributed by atoms with Crippen molar-refractivity contribution in [2.45, 2.75) is 18.9 Å². The van der Waals surface area contributed by atoms with Crippen LogP contribution in [0.4, 0.5) is 0 Å². The summed E-state index contributed by atoms with van der Waals surface area (Å²) < 4.78 is 6.07. The zero-order chi connectivity index (χ0) is 12.4. The summed E-state index contributed by atoms with van der Waals surface area (Å²) in [4.78, 5) is 4.35. The first-order valence-corrected chi connectivity index (χ1v) is 6.52. The Bertz CT molecular complexity index is 530. The van der Waals surface area contributed by atoms with Gasteiger partial charge in [0.15, 0.2) is 0 Å². The van der Waals surface area contributed by atoms with Crippen molar-refractivity contribution in [3.8, 4) is 5.75 Å². The van der Waals surface area contributed by atoms with Gasteiger partial charge in [0.25, 0.3) is 0 Å². The van der Waals surface area contributed by atoms with Crippen LogP contribution >= 0.6 is 0 Å². The molecule has 0 unspecified atom stereocenters. The van der Waals surface area contributed by atoms with Crippen LogP contribution in [-0.2, 0) is 0 Å². The van der Waals surface area contributed by atoms with Crippen LogP contribution in [0.1, 0.15) is 12.8 Å². The summed E-state index contributed by atoms with van der Waals surface area (Å²) >= 11 is 0. The van der Waals surface area contributed by atoms with Gasteiger partial charge in [-0.05, 0) is 50.6 Å². The summed E-state index contributed by atoms with van der Waals surface area (Å²) in [6.07, 6.45) is 4.49. The second-order valence-electron chi connectivity index (χ2n) is 4.96. The van der Waals surface area contributed by atoms with E-state index in [2.05, 4.69) is 16.4 Å². The predicted molar refractivity (Wildman–Crippen MR) is 72.8 cm³/mol. The van der Waals surface area contributed by atoms with Crippen molar-refractivity contribution in [1.82, 2.24) is 10.3 Å². The van der Waals surface area contributed by atoms with E-state index in [-0.39, 0.29) is 0 Å². The van der Waals surface area contributed by atoms with Crippen LogP contribution in [0.3, 0.4) is 0 Å². The Balaban J connectivity index is 1.72. The Morgan fingerprint density at radius 3 is 2.94 bits per heavy atom. The van der Waals surface area contributed by atoms with Crippen molar-refractivity contribution in [2.75, 3.05) is 13.6 Å². The highest BCUT2D eigenvalue weighted by Gasteiger charge is 2.30. The normalized spacial score (nSPS) is 22.7. The standard InChI is InChI=1S/C15H18N2O/c1-16-10-11-8-12(9-11)18-15-6-7-17-14-5-3-2-4-13(14)15/h2-7,11-12,16H,8-10H2,1H3. The van der Waals surface area contributed by atoms with Gasteiger partial charge in [0.1, 0.15) is 5.75 Å². The van der Waals surface area contributed by atoms with E-state index in [1.165, 1.54) is 0 Å². The molecular weight excluding hydrogens is 224 g/mol. The summed E-state index contributed by atoms with van der Waals surface area (Å²) in [5.41, 5.74) is 1.00. The number of fused-ring (bicyclic) bond motifs is 1. The second-order valence-corrected chi connectivity index (χ2v) is 4.96. The van der Waals surface area contributed by atoms with Gasteiger partial charge >= 0.3 is 0 Å².